The molecule has 1 amide bonds. The second-order valence-electron chi connectivity index (χ2n) is 5.79. The van der Waals surface area contributed by atoms with Gasteiger partial charge < -0.3 is 10.1 Å². The van der Waals surface area contributed by atoms with Crippen LogP contribution in [0.1, 0.15) is 10.4 Å². The molecule has 0 bridgehead atoms. The number of benzene rings is 3. The highest BCUT2D eigenvalue weighted by Gasteiger charge is 2.18. The molecule has 8 heteroatoms. The average Bonchev–Trinajstić information content (AvgIpc) is 2.69. The van der Waals surface area contributed by atoms with Gasteiger partial charge in [0.15, 0.2) is 0 Å². The Balaban J connectivity index is 1.83. The normalized spacial score (nSPS) is 10.9. The van der Waals surface area contributed by atoms with Gasteiger partial charge in [0.1, 0.15) is 11.6 Å². The van der Waals surface area contributed by atoms with Crippen LogP contribution in [0, 0.1) is 5.82 Å². The van der Waals surface area contributed by atoms with Crippen LogP contribution in [0.4, 0.5) is 15.8 Å². The molecule has 0 atom stereocenters. The molecule has 0 unspecified atom stereocenters. The Morgan fingerprint density at radius 2 is 1.64 bits per heavy atom. The molecule has 0 aliphatic rings. The van der Waals surface area contributed by atoms with E-state index in [2.05, 4.69) is 10.0 Å². The van der Waals surface area contributed by atoms with Gasteiger partial charge in [-0.15, -0.1) is 0 Å². The number of hydrogen-bond donors (Lipinski definition) is 2. The van der Waals surface area contributed by atoms with Gasteiger partial charge in [0.25, 0.3) is 15.9 Å². The summed E-state index contributed by atoms with van der Waals surface area (Å²) in [5, 5.41) is 2.62. The summed E-state index contributed by atoms with van der Waals surface area (Å²) in [6, 6.07) is 17.6. The number of carbonyl (C=O) groups is 1. The number of amides is 1. The molecule has 6 nitrogen and oxygen atoms in total. The molecule has 144 valence electrons. The van der Waals surface area contributed by atoms with Crippen molar-refractivity contribution in [3.8, 4) is 5.75 Å². The fourth-order valence-electron chi connectivity index (χ4n) is 2.46. The van der Waals surface area contributed by atoms with E-state index in [1.54, 1.807) is 30.3 Å². The number of sulfonamides is 1. The van der Waals surface area contributed by atoms with Crippen LogP contribution in [0.25, 0.3) is 0 Å². The van der Waals surface area contributed by atoms with E-state index >= 15 is 0 Å². The largest absolute Gasteiger partial charge is 0.495 e. The first-order valence-electron chi connectivity index (χ1n) is 8.22. The smallest absolute Gasteiger partial charge is 0.262 e. The predicted molar refractivity (Wildman–Crippen MR) is 105 cm³/mol. The second kappa shape index (κ2) is 8.10. The van der Waals surface area contributed by atoms with Crippen LogP contribution in [0.3, 0.4) is 0 Å². The maximum Gasteiger partial charge on any atom is 0.262 e. The number of halogens is 1. The lowest BCUT2D eigenvalue weighted by Crippen LogP contribution is -2.15. The standard InChI is InChI=1S/C20H17FN2O4S/c1-27-19-13-17(28(25,26)23-16-5-3-2-4-6-16)11-12-18(19)22-20(24)14-7-9-15(21)10-8-14/h2-13,23H,1H3,(H,22,24). The third-order valence-corrected chi connectivity index (χ3v) is 5.24. The summed E-state index contributed by atoms with van der Waals surface area (Å²) >= 11 is 0. The molecule has 0 radical (unpaired) electrons. The number of anilines is 2. The topological polar surface area (TPSA) is 84.5 Å². The van der Waals surface area contributed by atoms with Gasteiger partial charge in [-0.3, -0.25) is 9.52 Å². The molecule has 0 aliphatic carbocycles. The molecule has 3 aromatic carbocycles. The first-order valence-corrected chi connectivity index (χ1v) is 9.70. The highest BCUT2D eigenvalue weighted by Crippen LogP contribution is 2.29. The van der Waals surface area contributed by atoms with Gasteiger partial charge >= 0.3 is 0 Å². The van der Waals surface area contributed by atoms with Crippen molar-refractivity contribution in [2.45, 2.75) is 4.90 Å². The van der Waals surface area contributed by atoms with E-state index in [0.717, 1.165) is 0 Å². The Hall–Kier alpha value is -3.39. The fourth-order valence-corrected chi connectivity index (χ4v) is 3.53. The zero-order valence-electron chi connectivity index (χ0n) is 14.8. The SMILES string of the molecule is COc1cc(S(=O)(=O)Nc2ccccc2)ccc1NC(=O)c1ccc(F)cc1. The molecule has 28 heavy (non-hydrogen) atoms. The van der Waals surface area contributed by atoms with E-state index in [1.165, 1.54) is 49.6 Å². The molecule has 0 aliphatic heterocycles. The lowest BCUT2D eigenvalue weighted by Gasteiger charge is -2.13. The number of methoxy groups -OCH3 is 1. The van der Waals surface area contributed by atoms with Gasteiger partial charge in [0.05, 0.1) is 17.7 Å². The van der Waals surface area contributed by atoms with Crippen molar-refractivity contribution in [1.29, 1.82) is 0 Å². The van der Waals surface area contributed by atoms with E-state index in [0.29, 0.717) is 5.69 Å². The van der Waals surface area contributed by atoms with Crippen molar-refractivity contribution in [2.75, 3.05) is 17.1 Å². The summed E-state index contributed by atoms with van der Waals surface area (Å²) in [6.45, 7) is 0. The van der Waals surface area contributed by atoms with Gasteiger partial charge in [-0.1, -0.05) is 18.2 Å². The minimum atomic E-state index is -3.83. The molecule has 0 saturated heterocycles. The molecular formula is C20H17FN2O4S. The van der Waals surface area contributed by atoms with Crippen LogP contribution in [0.2, 0.25) is 0 Å². The van der Waals surface area contributed by atoms with Crippen molar-refractivity contribution in [2.24, 2.45) is 0 Å². The molecule has 0 heterocycles. The summed E-state index contributed by atoms with van der Waals surface area (Å²) in [6.07, 6.45) is 0. The Morgan fingerprint density at radius 3 is 2.29 bits per heavy atom. The molecule has 0 fully saturated rings. The number of rotatable bonds is 6. The third kappa shape index (κ3) is 4.47. The number of ether oxygens (including phenoxy) is 1. The van der Waals surface area contributed by atoms with Crippen molar-refractivity contribution in [3.63, 3.8) is 0 Å². The monoisotopic (exact) mass is 400 g/mol. The molecular weight excluding hydrogens is 383 g/mol. The summed E-state index contributed by atoms with van der Waals surface area (Å²) in [5.74, 6) is -0.752. The zero-order valence-corrected chi connectivity index (χ0v) is 15.7. The fraction of sp³-hybridized carbons (Fsp3) is 0.0500. The number of para-hydroxylation sites is 1. The molecule has 0 spiro atoms. The van der Waals surface area contributed by atoms with Crippen LogP contribution < -0.4 is 14.8 Å². The Morgan fingerprint density at radius 1 is 0.964 bits per heavy atom. The summed E-state index contributed by atoms with van der Waals surface area (Å²) in [4.78, 5) is 12.3. The van der Waals surface area contributed by atoms with E-state index in [9.17, 15) is 17.6 Å². The zero-order chi connectivity index (χ0) is 20.1. The second-order valence-corrected chi connectivity index (χ2v) is 7.48. The summed E-state index contributed by atoms with van der Waals surface area (Å²) in [7, 11) is -2.47. The van der Waals surface area contributed by atoms with Crippen LogP contribution in [0.15, 0.2) is 77.7 Å². The van der Waals surface area contributed by atoms with Crippen molar-refractivity contribution >= 4 is 27.3 Å². The van der Waals surface area contributed by atoms with Gasteiger partial charge in [-0.05, 0) is 48.5 Å². The van der Waals surface area contributed by atoms with Gasteiger partial charge in [0, 0.05) is 17.3 Å². The van der Waals surface area contributed by atoms with Crippen molar-refractivity contribution in [1.82, 2.24) is 0 Å². The third-order valence-electron chi connectivity index (χ3n) is 3.86. The molecule has 3 rings (SSSR count). The Kier molecular flexibility index (Phi) is 5.60. The highest BCUT2D eigenvalue weighted by molar-refractivity contribution is 7.92. The molecule has 0 aromatic heterocycles. The molecule has 3 aromatic rings. The summed E-state index contributed by atoms with van der Waals surface area (Å²) in [5.41, 5.74) is 0.969. The Labute approximate surface area is 162 Å². The van der Waals surface area contributed by atoms with Crippen LogP contribution >= 0.6 is 0 Å². The van der Waals surface area contributed by atoms with Crippen molar-refractivity contribution in [3.05, 3.63) is 84.2 Å². The summed E-state index contributed by atoms with van der Waals surface area (Å²) < 4.78 is 45.8. The number of carbonyl (C=O) groups excluding carboxylic acids is 1. The quantitative estimate of drug-likeness (QED) is 0.658. The first kappa shape index (κ1) is 19.4. The van der Waals surface area contributed by atoms with Crippen LogP contribution in [0.5, 0.6) is 5.75 Å². The highest BCUT2D eigenvalue weighted by atomic mass is 32.2. The van der Waals surface area contributed by atoms with Gasteiger partial charge in [-0.2, -0.15) is 0 Å². The predicted octanol–water partition coefficient (Wildman–Crippen LogP) is 3.89. The lowest BCUT2D eigenvalue weighted by atomic mass is 10.2. The molecule has 2 N–H and O–H groups in total. The van der Waals surface area contributed by atoms with E-state index < -0.39 is 21.7 Å². The van der Waals surface area contributed by atoms with E-state index in [1.807, 2.05) is 0 Å². The van der Waals surface area contributed by atoms with Gasteiger partial charge in [-0.25, -0.2) is 12.8 Å². The van der Waals surface area contributed by atoms with E-state index in [-0.39, 0.29) is 21.9 Å². The molecule has 0 saturated carbocycles. The van der Waals surface area contributed by atoms with Crippen LogP contribution in [-0.2, 0) is 10.0 Å². The maximum atomic E-state index is 13.0. The minimum Gasteiger partial charge on any atom is -0.495 e. The maximum absolute atomic E-state index is 13.0. The van der Waals surface area contributed by atoms with Gasteiger partial charge in [0.2, 0.25) is 0 Å². The minimum absolute atomic E-state index is 0.0204. The Bertz CT molecular complexity index is 1080. The average molecular weight is 400 g/mol. The van der Waals surface area contributed by atoms with Crippen molar-refractivity contribution < 1.29 is 22.3 Å². The van der Waals surface area contributed by atoms with Crippen LogP contribution in [-0.4, -0.2) is 21.4 Å². The first-order chi connectivity index (χ1) is 13.4. The number of hydrogen-bond acceptors (Lipinski definition) is 4. The number of nitrogens with one attached hydrogen (secondary N) is 2. The lowest BCUT2D eigenvalue weighted by molar-refractivity contribution is 0.102. The van der Waals surface area contributed by atoms with E-state index in [4.69, 9.17) is 4.74 Å².